The fourth-order valence-corrected chi connectivity index (χ4v) is 6.79. The molecule has 0 heterocycles. The van der Waals surface area contributed by atoms with Gasteiger partial charge >= 0.3 is 0 Å². The summed E-state index contributed by atoms with van der Waals surface area (Å²) in [6, 6.07) is 27.1. The molecule has 254 valence electrons. The number of nitrogens with zero attached hydrogens (tertiary/aromatic N) is 2. The van der Waals surface area contributed by atoms with Gasteiger partial charge in [-0.15, -0.1) is 0 Å². The van der Waals surface area contributed by atoms with Crippen molar-refractivity contribution < 1.29 is 27.5 Å². The van der Waals surface area contributed by atoms with Gasteiger partial charge in [-0.05, 0) is 60.4 Å². The Hall–Kier alpha value is -4.35. The molecule has 1 N–H and O–H groups in total. The van der Waals surface area contributed by atoms with Crippen LogP contribution in [0.25, 0.3) is 0 Å². The Morgan fingerprint density at radius 3 is 2.12 bits per heavy atom. The summed E-state index contributed by atoms with van der Waals surface area (Å²) >= 11 is 3.46. The highest BCUT2D eigenvalue weighted by atomic mass is 79.9. The van der Waals surface area contributed by atoms with Crippen LogP contribution in [0, 0.1) is 12.8 Å². The van der Waals surface area contributed by atoms with Crippen LogP contribution in [-0.2, 0) is 32.6 Å². The van der Waals surface area contributed by atoms with Gasteiger partial charge < -0.3 is 19.7 Å². The highest BCUT2D eigenvalue weighted by Crippen LogP contribution is 2.36. The van der Waals surface area contributed by atoms with Crippen LogP contribution in [0.3, 0.4) is 0 Å². The Kier molecular flexibility index (Phi) is 12.7. The minimum atomic E-state index is -4.32. The van der Waals surface area contributed by atoms with Gasteiger partial charge in [0.1, 0.15) is 24.1 Å². The first-order chi connectivity index (χ1) is 22.9. The van der Waals surface area contributed by atoms with E-state index in [0.29, 0.717) is 12.3 Å². The van der Waals surface area contributed by atoms with E-state index < -0.39 is 28.5 Å². The lowest BCUT2D eigenvalue weighted by molar-refractivity contribution is -0.140. The highest BCUT2D eigenvalue weighted by molar-refractivity contribution is 9.10. The topological polar surface area (TPSA) is 105 Å². The summed E-state index contributed by atoms with van der Waals surface area (Å²) in [6.07, 6.45) is 0.222. The van der Waals surface area contributed by atoms with Crippen LogP contribution >= 0.6 is 15.9 Å². The molecular weight excluding hydrogens is 694 g/mol. The summed E-state index contributed by atoms with van der Waals surface area (Å²) in [7, 11) is -1.42. The Morgan fingerprint density at radius 1 is 0.854 bits per heavy atom. The largest absolute Gasteiger partial charge is 0.497 e. The number of benzene rings is 4. The Balaban J connectivity index is 1.86. The molecule has 48 heavy (non-hydrogen) atoms. The molecule has 2 amide bonds. The second-order valence-electron chi connectivity index (χ2n) is 11.9. The quantitative estimate of drug-likeness (QED) is 0.152. The van der Waals surface area contributed by atoms with Gasteiger partial charge in [0.2, 0.25) is 11.8 Å². The van der Waals surface area contributed by atoms with E-state index in [-0.39, 0.29) is 41.1 Å². The van der Waals surface area contributed by atoms with E-state index in [2.05, 4.69) is 21.2 Å². The molecule has 0 saturated heterocycles. The monoisotopic (exact) mass is 735 g/mol. The minimum absolute atomic E-state index is 0.000689. The van der Waals surface area contributed by atoms with Gasteiger partial charge in [0, 0.05) is 30.0 Å². The number of amides is 2. The van der Waals surface area contributed by atoms with Crippen molar-refractivity contribution in [1.82, 2.24) is 10.2 Å². The van der Waals surface area contributed by atoms with E-state index in [1.165, 1.54) is 37.3 Å². The molecule has 0 unspecified atom stereocenters. The van der Waals surface area contributed by atoms with Crippen molar-refractivity contribution in [1.29, 1.82) is 0 Å². The van der Waals surface area contributed by atoms with Gasteiger partial charge in [-0.2, -0.15) is 0 Å². The summed E-state index contributed by atoms with van der Waals surface area (Å²) in [5.41, 5.74) is 2.63. The average Bonchev–Trinajstić information content (AvgIpc) is 3.08. The van der Waals surface area contributed by atoms with E-state index in [1.807, 2.05) is 75.4 Å². The van der Waals surface area contributed by atoms with Gasteiger partial charge in [0.25, 0.3) is 10.0 Å². The summed E-state index contributed by atoms with van der Waals surface area (Å²) < 4.78 is 41.7. The predicted octanol–water partition coefficient (Wildman–Crippen LogP) is 6.38. The second-order valence-corrected chi connectivity index (χ2v) is 14.6. The van der Waals surface area contributed by atoms with Crippen LogP contribution in [0.2, 0.25) is 0 Å². The minimum Gasteiger partial charge on any atom is -0.497 e. The van der Waals surface area contributed by atoms with E-state index in [9.17, 15) is 18.0 Å². The highest BCUT2D eigenvalue weighted by Gasteiger charge is 2.36. The number of carbonyl (C=O) groups excluding carboxylic acids is 2. The number of ether oxygens (including phenoxy) is 2. The first-order valence-electron chi connectivity index (χ1n) is 15.6. The van der Waals surface area contributed by atoms with Crippen molar-refractivity contribution in [3.63, 3.8) is 0 Å². The number of halogens is 1. The summed E-state index contributed by atoms with van der Waals surface area (Å²) in [5.74, 6) is -0.111. The maximum Gasteiger partial charge on any atom is 0.264 e. The fourth-order valence-electron chi connectivity index (χ4n) is 5.11. The van der Waals surface area contributed by atoms with Crippen LogP contribution in [-0.4, -0.2) is 58.5 Å². The molecule has 0 radical (unpaired) electrons. The number of methoxy groups -OCH3 is 2. The standard InChI is InChI=1S/C37H42BrN3O6S/c1-26(2)23-39-37(43)34(21-28-9-7-6-8-10-28)40(24-29-13-15-30(38)16-14-29)36(42)25-41(33-22-31(46-4)17-20-35(33)47-5)48(44,45)32-18-11-27(3)12-19-32/h6-20,22,26,34H,21,23-25H2,1-5H3,(H,39,43)/t34-/m1/s1. The SMILES string of the molecule is COc1ccc(OC)c(N(CC(=O)N(Cc2ccc(Br)cc2)[C@H](Cc2ccccc2)C(=O)NCC(C)C)S(=O)(=O)c2ccc(C)cc2)c1. The number of sulfonamides is 1. The molecule has 0 aromatic heterocycles. The zero-order chi connectivity index (χ0) is 34.8. The molecular formula is C37H42BrN3O6S. The van der Waals surface area contributed by atoms with Crippen LogP contribution in [0.5, 0.6) is 11.5 Å². The molecule has 0 fully saturated rings. The van der Waals surface area contributed by atoms with Crippen molar-refractivity contribution in [3.8, 4) is 11.5 Å². The van der Waals surface area contributed by atoms with Gasteiger partial charge in [0.05, 0.1) is 24.8 Å². The second kappa shape index (κ2) is 16.7. The van der Waals surface area contributed by atoms with Crippen LogP contribution in [0.1, 0.15) is 30.5 Å². The Morgan fingerprint density at radius 2 is 1.52 bits per heavy atom. The zero-order valence-corrected chi connectivity index (χ0v) is 30.3. The van der Waals surface area contributed by atoms with Crippen molar-refractivity contribution in [2.45, 2.75) is 44.7 Å². The number of rotatable bonds is 15. The lowest BCUT2D eigenvalue weighted by Crippen LogP contribution is -2.53. The van der Waals surface area contributed by atoms with E-state index in [1.54, 1.807) is 24.3 Å². The third-order valence-corrected chi connectivity index (χ3v) is 10.1. The molecule has 0 aliphatic heterocycles. The lowest BCUT2D eigenvalue weighted by atomic mass is 10.0. The smallest absolute Gasteiger partial charge is 0.264 e. The molecule has 4 rings (SSSR count). The lowest BCUT2D eigenvalue weighted by Gasteiger charge is -2.34. The first kappa shape index (κ1) is 36.5. The Bertz CT molecular complexity index is 1780. The Labute approximate surface area is 292 Å². The average molecular weight is 737 g/mol. The van der Waals surface area contributed by atoms with Crippen LogP contribution in [0.15, 0.2) is 106 Å². The molecule has 1 atom stereocenters. The molecule has 0 spiro atoms. The summed E-state index contributed by atoms with van der Waals surface area (Å²) in [5, 5.41) is 3.00. The first-order valence-corrected chi connectivity index (χ1v) is 17.8. The number of nitrogens with one attached hydrogen (secondary N) is 1. The molecule has 0 aliphatic carbocycles. The molecule has 4 aromatic carbocycles. The molecule has 0 bridgehead atoms. The van der Waals surface area contributed by atoms with Crippen molar-refractivity contribution >= 4 is 43.5 Å². The molecule has 0 aliphatic rings. The molecule has 9 nitrogen and oxygen atoms in total. The van der Waals surface area contributed by atoms with Gasteiger partial charge in [0.15, 0.2) is 0 Å². The van der Waals surface area contributed by atoms with E-state index in [0.717, 1.165) is 25.5 Å². The van der Waals surface area contributed by atoms with Crippen molar-refractivity contribution in [2.24, 2.45) is 5.92 Å². The van der Waals surface area contributed by atoms with Crippen LogP contribution < -0.4 is 19.1 Å². The van der Waals surface area contributed by atoms with Gasteiger partial charge in [-0.1, -0.05) is 89.9 Å². The van der Waals surface area contributed by atoms with Gasteiger partial charge in [-0.3, -0.25) is 13.9 Å². The third kappa shape index (κ3) is 9.38. The number of hydrogen-bond donors (Lipinski definition) is 1. The molecule has 4 aromatic rings. The third-order valence-electron chi connectivity index (χ3n) is 7.76. The van der Waals surface area contributed by atoms with E-state index >= 15 is 0 Å². The number of anilines is 1. The van der Waals surface area contributed by atoms with Crippen molar-refractivity contribution in [3.05, 3.63) is 118 Å². The number of carbonyl (C=O) groups is 2. The fraction of sp³-hybridized carbons (Fsp3) is 0.297. The number of aryl methyl sites for hydroxylation is 1. The summed E-state index contributed by atoms with van der Waals surface area (Å²) in [4.78, 5) is 30.1. The molecule has 11 heteroatoms. The maximum absolute atomic E-state index is 14.7. The number of hydrogen-bond acceptors (Lipinski definition) is 6. The van der Waals surface area contributed by atoms with Crippen LogP contribution in [0.4, 0.5) is 5.69 Å². The summed E-state index contributed by atoms with van der Waals surface area (Å²) in [6.45, 7) is 5.71. The normalized spacial score (nSPS) is 11.9. The predicted molar refractivity (Wildman–Crippen MR) is 192 cm³/mol. The molecule has 0 saturated carbocycles. The van der Waals surface area contributed by atoms with E-state index in [4.69, 9.17) is 9.47 Å². The maximum atomic E-state index is 14.7. The zero-order valence-electron chi connectivity index (χ0n) is 27.9. The van der Waals surface area contributed by atoms with Crippen molar-refractivity contribution in [2.75, 3.05) is 31.6 Å². The van der Waals surface area contributed by atoms with Gasteiger partial charge in [-0.25, -0.2) is 8.42 Å².